The van der Waals surface area contributed by atoms with Gasteiger partial charge < -0.3 is 19.5 Å². The number of esters is 1. The second-order valence-electron chi connectivity index (χ2n) is 10.1. The van der Waals surface area contributed by atoms with Crippen LogP contribution in [0.15, 0.2) is 97.2 Å². The van der Waals surface area contributed by atoms with Crippen LogP contribution >= 0.6 is 0 Å². The fourth-order valence-corrected chi connectivity index (χ4v) is 5.51. The molecule has 0 spiro atoms. The standard InChI is InChI=1S/C33H31N5O3/c1-4-41-32(39)26-16-8-9-17-28(26)34-33(40)37-21-27-23(3)35-38(25-14-6-5-7-15-25)31(27)36-19-11-18-29(36)30(37)24-13-10-12-22(2)20-24/h5-20,30H,4,21H2,1-3H3,(H,34,40)/t30-/m1/s1. The summed E-state index contributed by atoms with van der Waals surface area (Å²) in [5.74, 6) is 0.416. The Hall–Kier alpha value is -5.11. The minimum Gasteiger partial charge on any atom is -0.462 e. The third kappa shape index (κ3) is 4.78. The summed E-state index contributed by atoms with van der Waals surface area (Å²) in [6, 6.07) is 28.4. The lowest BCUT2D eigenvalue weighted by atomic mass is 10.00. The van der Waals surface area contributed by atoms with Crippen LogP contribution in [0, 0.1) is 13.8 Å². The molecule has 0 radical (unpaired) electrons. The van der Waals surface area contributed by atoms with Crippen LogP contribution in [0.5, 0.6) is 0 Å². The largest absolute Gasteiger partial charge is 0.462 e. The molecule has 6 rings (SSSR count). The average Bonchev–Trinajstić information content (AvgIpc) is 3.54. The third-order valence-electron chi connectivity index (χ3n) is 7.37. The molecule has 3 heterocycles. The maximum absolute atomic E-state index is 14.3. The molecule has 0 bridgehead atoms. The first-order valence-electron chi connectivity index (χ1n) is 13.7. The van der Waals surface area contributed by atoms with Gasteiger partial charge in [-0.1, -0.05) is 60.2 Å². The molecule has 1 atom stereocenters. The predicted molar refractivity (Wildman–Crippen MR) is 158 cm³/mol. The summed E-state index contributed by atoms with van der Waals surface area (Å²) in [5, 5.41) is 7.93. The van der Waals surface area contributed by atoms with E-state index in [1.807, 2.05) is 90.3 Å². The summed E-state index contributed by atoms with van der Waals surface area (Å²) in [6.45, 7) is 6.33. The monoisotopic (exact) mass is 545 g/mol. The lowest BCUT2D eigenvalue weighted by Gasteiger charge is -2.31. The van der Waals surface area contributed by atoms with E-state index in [1.54, 1.807) is 31.2 Å². The summed E-state index contributed by atoms with van der Waals surface area (Å²) < 4.78 is 9.32. The molecule has 2 amide bonds. The number of benzene rings is 3. The van der Waals surface area contributed by atoms with Gasteiger partial charge in [0.15, 0.2) is 0 Å². The molecule has 8 nitrogen and oxygen atoms in total. The maximum atomic E-state index is 14.3. The fourth-order valence-electron chi connectivity index (χ4n) is 5.51. The van der Waals surface area contributed by atoms with Gasteiger partial charge in [0.2, 0.25) is 0 Å². The number of urea groups is 1. The number of rotatable bonds is 5. The predicted octanol–water partition coefficient (Wildman–Crippen LogP) is 6.59. The quantitative estimate of drug-likeness (QED) is 0.253. The summed E-state index contributed by atoms with van der Waals surface area (Å²) in [7, 11) is 0. The number of carbonyl (C=O) groups excluding carboxylic acids is 2. The molecule has 41 heavy (non-hydrogen) atoms. The Morgan fingerprint density at radius 1 is 0.951 bits per heavy atom. The molecular weight excluding hydrogens is 514 g/mol. The number of aryl methyl sites for hydroxylation is 2. The van der Waals surface area contributed by atoms with Crippen molar-refractivity contribution < 1.29 is 14.3 Å². The second-order valence-corrected chi connectivity index (χ2v) is 10.1. The molecule has 0 saturated carbocycles. The van der Waals surface area contributed by atoms with E-state index in [9.17, 15) is 9.59 Å². The highest BCUT2D eigenvalue weighted by atomic mass is 16.5. The van der Waals surface area contributed by atoms with E-state index < -0.39 is 12.0 Å². The summed E-state index contributed by atoms with van der Waals surface area (Å²) in [5.41, 5.74) is 6.43. The first-order valence-corrected chi connectivity index (χ1v) is 13.7. The van der Waals surface area contributed by atoms with Crippen molar-refractivity contribution in [1.29, 1.82) is 0 Å². The van der Waals surface area contributed by atoms with Crippen LogP contribution in [0.25, 0.3) is 11.5 Å². The Labute approximate surface area is 238 Å². The van der Waals surface area contributed by atoms with Gasteiger partial charge in [-0.25, -0.2) is 14.3 Å². The van der Waals surface area contributed by atoms with E-state index in [0.29, 0.717) is 17.8 Å². The van der Waals surface area contributed by atoms with Gasteiger partial charge in [0.1, 0.15) is 5.82 Å². The van der Waals surface area contributed by atoms with Gasteiger partial charge in [-0.15, -0.1) is 0 Å². The molecule has 206 valence electrons. The smallest absolute Gasteiger partial charge is 0.340 e. The van der Waals surface area contributed by atoms with Gasteiger partial charge in [-0.2, -0.15) is 5.10 Å². The molecule has 1 aliphatic heterocycles. The van der Waals surface area contributed by atoms with Crippen LogP contribution in [0.3, 0.4) is 0 Å². The topological polar surface area (TPSA) is 81.4 Å². The summed E-state index contributed by atoms with van der Waals surface area (Å²) in [6.07, 6.45) is 2.02. The Balaban J connectivity index is 1.51. The maximum Gasteiger partial charge on any atom is 0.340 e. The number of fused-ring (bicyclic) bond motifs is 3. The molecule has 1 N–H and O–H groups in total. The van der Waals surface area contributed by atoms with Crippen molar-refractivity contribution in [1.82, 2.24) is 19.2 Å². The first kappa shape index (κ1) is 26.1. The van der Waals surface area contributed by atoms with Crippen molar-refractivity contribution >= 4 is 17.7 Å². The van der Waals surface area contributed by atoms with E-state index in [1.165, 1.54) is 0 Å². The van der Waals surface area contributed by atoms with Crippen molar-refractivity contribution in [3.8, 4) is 11.5 Å². The molecule has 3 aromatic carbocycles. The number of anilines is 1. The van der Waals surface area contributed by atoms with Crippen molar-refractivity contribution in [2.45, 2.75) is 33.4 Å². The van der Waals surface area contributed by atoms with Crippen LogP contribution < -0.4 is 5.32 Å². The molecule has 2 aromatic heterocycles. The van der Waals surface area contributed by atoms with E-state index in [-0.39, 0.29) is 12.6 Å². The summed E-state index contributed by atoms with van der Waals surface area (Å²) in [4.78, 5) is 28.8. The molecule has 0 aliphatic carbocycles. The van der Waals surface area contributed by atoms with E-state index in [2.05, 4.69) is 16.0 Å². The molecule has 1 aliphatic rings. The van der Waals surface area contributed by atoms with Crippen LogP contribution in [0.4, 0.5) is 10.5 Å². The van der Waals surface area contributed by atoms with E-state index >= 15 is 0 Å². The van der Waals surface area contributed by atoms with E-state index in [0.717, 1.165) is 39.6 Å². The number of ether oxygens (including phenoxy) is 1. The third-order valence-corrected chi connectivity index (χ3v) is 7.37. The molecular formula is C33H31N5O3. The lowest BCUT2D eigenvalue weighted by Crippen LogP contribution is -2.38. The number of carbonyl (C=O) groups is 2. The first-order chi connectivity index (χ1) is 20.0. The minimum atomic E-state index is -0.481. The normalized spacial score (nSPS) is 14.1. The van der Waals surface area contributed by atoms with Gasteiger partial charge in [-0.3, -0.25) is 0 Å². The highest BCUT2D eigenvalue weighted by Crippen LogP contribution is 2.39. The average molecular weight is 546 g/mol. The Kier molecular flexibility index (Phi) is 6.89. The van der Waals surface area contributed by atoms with Gasteiger partial charge in [0, 0.05) is 11.8 Å². The van der Waals surface area contributed by atoms with Gasteiger partial charge in [0.05, 0.1) is 47.5 Å². The van der Waals surface area contributed by atoms with Crippen LogP contribution in [-0.4, -0.2) is 37.9 Å². The number of hydrogen-bond donors (Lipinski definition) is 1. The fraction of sp³-hybridized carbons (Fsp3) is 0.182. The van der Waals surface area contributed by atoms with Crippen molar-refractivity contribution in [2.24, 2.45) is 0 Å². The summed E-state index contributed by atoms with van der Waals surface area (Å²) >= 11 is 0. The number of hydrogen-bond acceptors (Lipinski definition) is 4. The number of nitrogens with one attached hydrogen (secondary N) is 1. The van der Waals surface area contributed by atoms with Crippen molar-refractivity contribution in [3.63, 3.8) is 0 Å². The lowest BCUT2D eigenvalue weighted by molar-refractivity contribution is 0.0527. The van der Waals surface area contributed by atoms with Crippen LogP contribution in [0.2, 0.25) is 0 Å². The number of aromatic nitrogens is 3. The van der Waals surface area contributed by atoms with E-state index in [4.69, 9.17) is 9.84 Å². The molecule has 8 heteroatoms. The SMILES string of the molecule is CCOC(=O)c1ccccc1NC(=O)N1Cc2c(C)nn(-c3ccccc3)c2-n2cccc2[C@H]1c1cccc(C)c1. The zero-order chi connectivity index (χ0) is 28.5. The molecule has 0 unspecified atom stereocenters. The molecule has 5 aromatic rings. The molecule has 0 saturated heterocycles. The number of para-hydroxylation sites is 2. The highest BCUT2D eigenvalue weighted by Gasteiger charge is 2.36. The minimum absolute atomic E-state index is 0.243. The Morgan fingerprint density at radius 2 is 1.73 bits per heavy atom. The zero-order valence-corrected chi connectivity index (χ0v) is 23.2. The van der Waals surface area contributed by atoms with Crippen molar-refractivity contribution in [3.05, 3.63) is 131 Å². The van der Waals surface area contributed by atoms with Crippen molar-refractivity contribution in [2.75, 3.05) is 11.9 Å². The zero-order valence-electron chi connectivity index (χ0n) is 23.2. The Morgan fingerprint density at radius 3 is 2.51 bits per heavy atom. The van der Waals surface area contributed by atoms with Crippen LogP contribution in [-0.2, 0) is 11.3 Å². The van der Waals surface area contributed by atoms with Gasteiger partial charge in [-0.05, 0) is 62.7 Å². The number of nitrogens with zero attached hydrogens (tertiary/aromatic N) is 4. The second kappa shape index (κ2) is 10.8. The highest BCUT2D eigenvalue weighted by molar-refractivity contribution is 6.01. The Bertz CT molecular complexity index is 1740. The van der Waals surface area contributed by atoms with Gasteiger partial charge in [0.25, 0.3) is 0 Å². The van der Waals surface area contributed by atoms with Gasteiger partial charge >= 0.3 is 12.0 Å². The number of amides is 2. The molecule has 0 fully saturated rings. The van der Waals surface area contributed by atoms with Crippen LogP contribution in [0.1, 0.15) is 51.4 Å².